The normalized spacial score (nSPS) is 16.9. The van der Waals surface area contributed by atoms with Gasteiger partial charge in [-0.2, -0.15) is 0 Å². The van der Waals surface area contributed by atoms with Crippen LogP contribution < -0.4 is 5.32 Å². The lowest BCUT2D eigenvalue weighted by Gasteiger charge is -2.24. The van der Waals surface area contributed by atoms with Crippen LogP contribution in [0.15, 0.2) is 36.4 Å². The minimum Gasteiger partial charge on any atom is -0.382 e. The molecule has 18 heavy (non-hydrogen) atoms. The third-order valence-electron chi connectivity index (χ3n) is 3.47. The van der Waals surface area contributed by atoms with E-state index < -0.39 is 0 Å². The molecule has 0 aliphatic heterocycles. The van der Waals surface area contributed by atoms with E-state index in [0.717, 1.165) is 12.7 Å². The molecule has 1 aliphatic rings. The predicted octanol–water partition coefficient (Wildman–Crippen LogP) is 3.73. The Labute approximate surface area is 109 Å². The molecule has 0 atom stereocenters. The molecular formula is C16H21NO. The van der Waals surface area contributed by atoms with Gasteiger partial charge in [-0.25, -0.2) is 0 Å². The van der Waals surface area contributed by atoms with Crippen molar-refractivity contribution in [1.82, 2.24) is 0 Å². The molecule has 1 aromatic rings. The van der Waals surface area contributed by atoms with Crippen molar-refractivity contribution in [2.24, 2.45) is 0 Å². The highest BCUT2D eigenvalue weighted by Gasteiger charge is 2.12. The van der Waals surface area contributed by atoms with Crippen molar-refractivity contribution in [3.63, 3.8) is 0 Å². The molecular weight excluding hydrogens is 222 g/mol. The Kier molecular flexibility index (Phi) is 5.00. The summed E-state index contributed by atoms with van der Waals surface area (Å²) in [6.45, 7) is 0. The van der Waals surface area contributed by atoms with Crippen LogP contribution in [0.4, 0.5) is 5.69 Å². The average Bonchev–Trinajstić information content (AvgIpc) is 2.41. The number of aldehydes is 1. The molecule has 0 aromatic heterocycles. The van der Waals surface area contributed by atoms with Crippen LogP contribution in [0.25, 0.3) is 0 Å². The van der Waals surface area contributed by atoms with Crippen molar-refractivity contribution >= 4 is 12.0 Å². The molecule has 2 heteroatoms. The monoisotopic (exact) mass is 243 g/mol. The summed E-state index contributed by atoms with van der Waals surface area (Å²) in [5.41, 5.74) is 2.45. The van der Waals surface area contributed by atoms with Gasteiger partial charge in [0.1, 0.15) is 6.29 Å². The minimum atomic E-state index is 0.638. The standard InChI is InChI=1S/C16H21NO/c18-12-5-4-7-14-8-6-11-16(13-14)17-15-9-2-1-3-10-15/h4-6,8,11-13,15,17H,1-3,7,9-10H2. The highest BCUT2D eigenvalue weighted by molar-refractivity contribution is 5.64. The zero-order valence-electron chi connectivity index (χ0n) is 10.8. The number of nitrogens with one attached hydrogen (secondary N) is 1. The molecule has 1 aromatic carbocycles. The van der Waals surface area contributed by atoms with Gasteiger partial charge in [-0.05, 0) is 43.0 Å². The van der Waals surface area contributed by atoms with Crippen LogP contribution in [0.1, 0.15) is 37.7 Å². The predicted molar refractivity (Wildman–Crippen MR) is 75.8 cm³/mol. The van der Waals surface area contributed by atoms with Crippen LogP contribution in [0.5, 0.6) is 0 Å². The maximum absolute atomic E-state index is 10.2. The fraction of sp³-hybridized carbons (Fsp3) is 0.438. The fourth-order valence-corrected chi connectivity index (χ4v) is 2.53. The van der Waals surface area contributed by atoms with Gasteiger partial charge in [0.15, 0.2) is 0 Å². The first kappa shape index (κ1) is 12.9. The zero-order valence-corrected chi connectivity index (χ0v) is 10.8. The summed E-state index contributed by atoms with van der Waals surface area (Å²) in [7, 11) is 0. The number of hydrogen-bond acceptors (Lipinski definition) is 2. The number of carbonyl (C=O) groups excluding carboxylic acids is 1. The summed E-state index contributed by atoms with van der Waals surface area (Å²) in [4.78, 5) is 10.2. The first-order valence-corrected chi connectivity index (χ1v) is 6.84. The maximum atomic E-state index is 10.2. The molecule has 0 bridgehead atoms. The molecule has 0 spiro atoms. The lowest BCUT2D eigenvalue weighted by atomic mass is 9.95. The summed E-state index contributed by atoms with van der Waals surface area (Å²) < 4.78 is 0. The van der Waals surface area contributed by atoms with Gasteiger partial charge in [0.2, 0.25) is 0 Å². The second-order valence-corrected chi connectivity index (χ2v) is 4.95. The second kappa shape index (κ2) is 7.00. The Morgan fingerprint density at radius 3 is 2.83 bits per heavy atom. The molecule has 0 heterocycles. The SMILES string of the molecule is O=CC=CCc1cccc(NC2CCCCC2)c1. The van der Waals surface area contributed by atoms with E-state index in [4.69, 9.17) is 0 Å². The van der Waals surface area contributed by atoms with Gasteiger partial charge in [-0.15, -0.1) is 0 Å². The van der Waals surface area contributed by atoms with Crippen molar-refractivity contribution in [1.29, 1.82) is 0 Å². The molecule has 0 saturated heterocycles. The van der Waals surface area contributed by atoms with Gasteiger partial charge < -0.3 is 5.32 Å². The largest absolute Gasteiger partial charge is 0.382 e. The lowest BCUT2D eigenvalue weighted by Crippen LogP contribution is -2.22. The summed E-state index contributed by atoms with van der Waals surface area (Å²) >= 11 is 0. The van der Waals surface area contributed by atoms with Crippen LogP contribution in [0.3, 0.4) is 0 Å². The Hall–Kier alpha value is -1.57. The van der Waals surface area contributed by atoms with E-state index in [1.165, 1.54) is 43.4 Å². The molecule has 0 unspecified atom stereocenters. The van der Waals surface area contributed by atoms with Gasteiger partial charge in [0.05, 0.1) is 0 Å². The quantitative estimate of drug-likeness (QED) is 0.630. The van der Waals surface area contributed by atoms with Gasteiger partial charge >= 0.3 is 0 Å². The molecule has 1 fully saturated rings. The van der Waals surface area contributed by atoms with E-state index in [0.29, 0.717) is 6.04 Å². The molecule has 1 aliphatic carbocycles. The van der Waals surface area contributed by atoms with Crippen molar-refractivity contribution < 1.29 is 4.79 Å². The highest BCUT2D eigenvalue weighted by atomic mass is 16.1. The molecule has 2 rings (SSSR count). The Balaban J connectivity index is 1.93. The van der Waals surface area contributed by atoms with Crippen LogP contribution in [0.2, 0.25) is 0 Å². The second-order valence-electron chi connectivity index (χ2n) is 4.95. The molecule has 96 valence electrons. The van der Waals surface area contributed by atoms with Gasteiger partial charge in [-0.1, -0.05) is 37.5 Å². The number of rotatable bonds is 5. The molecule has 0 amide bonds. The van der Waals surface area contributed by atoms with E-state index in [1.807, 2.05) is 6.08 Å². The number of anilines is 1. The molecule has 0 radical (unpaired) electrons. The Morgan fingerprint density at radius 1 is 1.22 bits per heavy atom. The minimum absolute atomic E-state index is 0.638. The fourth-order valence-electron chi connectivity index (χ4n) is 2.53. The number of hydrogen-bond donors (Lipinski definition) is 1. The van der Waals surface area contributed by atoms with Gasteiger partial charge in [0.25, 0.3) is 0 Å². The third kappa shape index (κ3) is 4.02. The van der Waals surface area contributed by atoms with Crippen LogP contribution in [-0.2, 0) is 11.2 Å². The maximum Gasteiger partial charge on any atom is 0.142 e. The van der Waals surface area contributed by atoms with E-state index >= 15 is 0 Å². The highest BCUT2D eigenvalue weighted by Crippen LogP contribution is 2.22. The third-order valence-corrected chi connectivity index (χ3v) is 3.47. The van der Waals surface area contributed by atoms with E-state index in [-0.39, 0.29) is 0 Å². The van der Waals surface area contributed by atoms with Gasteiger partial charge in [-0.3, -0.25) is 4.79 Å². The number of benzene rings is 1. The number of carbonyl (C=O) groups is 1. The first-order chi connectivity index (χ1) is 8.88. The summed E-state index contributed by atoms with van der Waals surface area (Å²) in [5, 5.41) is 3.62. The van der Waals surface area contributed by atoms with E-state index in [1.54, 1.807) is 6.08 Å². The average molecular weight is 243 g/mol. The van der Waals surface area contributed by atoms with Crippen LogP contribution in [-0.4, -0.2) is 12.3 Å². The van der Waals surface area contributed by atoms with Crippen molar-refractivity contribution in [2.45, 2.75) is 44.6 Å². The van der Waals surface area contributed by atoms with Crippen LogP contribution >= 0.6 is 0 Å². The molecule has 2 nitrogen and oxygen atoms in total. The smallest absolute Gasteiger partial charge is 0.142 e. The topological polar surface area (TPSA) is 29.1 Å². The Morgan fingerprint density at radius 2 is 2.06 bits per heavy atom. The summed E-state index contributed by atoms with van der Waals surface area (Å²) in [6, 6.07) is 9.13. The molecule has 1 N–H and O–H groups in total. The van der Waals surface area contributed by atoms with Crippen molar-refractivity contribution in [3.8, 4) is 0 Å². The number of allylic oxidation sites excluding steroid dienone is 2. The van der Waals surface area contributed by atoms with Crippen LogP contribution in [0, 0.1) is 0 Å². The molecule has 1 saturated carbocycles. The lowest BCUT2D eigenvalue weighted by molar-refractivity contribution is -0.104. The van der Waals surface area contributed by atoms with E-state index in [9.17, 15) is 4.79 Å². The van der Waals surface area contributed by atoms with Crippen molar-refractivity contribution in [3.05, 3.63) is 42.0 Å². The summed E-state index contributed by atoms with van der Waals surface area (Å²) in [6.07, 6.45) is 11.7. The Bertz CT molecular complexity index is 405. The van der Waals surface area contributed by atoms with Crippen molar-refractivity contribution in [2.75, 3.05) is 5.32 Å². The van der Waals surface area contributed by atoms with Gasteiger partial charge in [0, 0.05) is 11.7 Å². The summed E-state index contributed by atoms with van der Waals surface area (Å²) in [5.74, 6) is 0. The van der Waals surface area contributed by atoms with E-state index in [2.05, 4.69) is 29.6 Å². The zero-order chi connectivity index (χ0) is 12.6. The first-order valence-electron chi connectivity index (χ1n) is 6.84.